The molecule has 1 amide bonds. The van der Waals surface area contributed by atoms with Crippen LogP contribution in [0.1, 0.15) is 48.9 Å². The first-order valence-electron chi connectivity index (χ1n) is 8.14. The van der Waals surface area contributed by atoms with Gasteiger partial charge >= 0.3 is 0 Å². The molecule has 0 aromatic carbocycles. The van der Waals surface area contributed by atoms with Crippen molar-refractivity contribution < 1.29 is 9.90 Å². The van der Waals surface area contributed by atoms with Gasteiger partial charge < -0.3 is 10.4 Å². The largest absolute Gasteiger partial charge is 0.396 e. The Morgan fingerprint density at radius 3 is 2.50 bits per heavy atom. The number of carbonyl (C=O) groups is 1. The molecule has 2 rings (SSSR count). The maximum absolute atomic E-state index is 12.4. The minimum atomic E-state index is -0.184. The molecule has 0 saturated carbocycles. The highest BCUT2D eigenvalue weighted by Crippen LogP contribution is 2.22. The van der Waals surface area contributed by atoms with E-state index in [0.29, 0.717) is 17.8 Å². The average Bonchev–Trinajstić information content (AvgIpc) is 2.84. The Morgan fingerprint density at radius 1 is 1.33 bits per heavy atom. The zero-order chi connectivity index (χ0) is 17.9. The first-order valence-corrected chi connectivity index (χ1v) is 8.14. The predicted octanol–water partition coefficient (Wildman–Crippen LogP) is 2.41. The van der Waals surface area contributed by atoms with Gasteiger partial charge in [-0.05, 0) is 43.9 Å². The van der Waals surface area contributed by atoms with Gasteiger partial charge in [0.15, 0.2) is 5.82 Å². The smallest absolute Gasteiger partial charge is 0.253 e. The van der Waals surface area contributed by atoms with Crippen LogP contribution in [-0.2, 0) is 0 Å². The number of rotatable bonds is 5. The number of aliphatic hydroxyl groups excluding tert-OH is 1. The summed E-state index contributed by atoms with van der Waals surface area (Å²) in [5.74, 6) is 0.496. The molecule has 0 fully saturated rings. The van der Waals surface area contributed by atoms with Gasteiger partial charge in [-0.25, -0.2) is 9.67 Å². The van der Waals surface area contributed by atoms with E-state index < -0.39 is 0 Å². The summed E-state index contributed by atoms with van der Waals surface area (Å²) in [6.07, 6.45) is 2.08. The van der Waals surface area contributed by atoms with Crippen LogP contribution in [0.5, 0.6) is 0 Å². The second-order valence-corrected chi connectivity index (χ2v) is 7.15. The highest BCUT2D eigenvalue weighted by molar-refractivity contribution is 5.94. The van der Waals surface area contributed by atoms with Gasteiger partial charge in [-0.2, -0.15) is 5.10 Å². The third-order valence-corrected chi connectivity index (χ3v) is 4.01. The third kappa shape index (κ3) is 4.20. The molecule has 2 aromatic rings. The van der Waals surface area contributed by atoms with Crippen LogP contribution in [0, 0.1) is 19.3 Å². The average molecular weight is 330 g/mol. The molecule has 1 unspecified atom stereocenters. The molecule has 0 spiro atoms. The number of hydrogen-bond acceptors (Lipinski definition) is 4. The van der Waals surface area contributed by atoms with E-state index in [2.05, 4.69) is 15.4 Å². The standard InChI is InChI=1S/C18H26N4O2/c1-12-10-13(2)22(21-12)16-7-6-14(11-19-16)17(24)20-15(8-9-23)18(3,4)5/h6-7,10-11,15,23H,8-9H2,1-5H3,(H,20,24). The Labute approximate surface area is 142 Å². The highest BCUT2D eigenvalue weighted by Gasteiger charge is 2.26. The summed E-state index contributed by atoms with van der Waals surface area (Å²) in [5.41, 5.74) is 2.28. The van der Waals surface area contributed by atoms with E-state index in [4.69, 9.17) is 0 Å². The molecule has 0 aliphatic heterocycles. The van der Waals surface area contributed by atoms with Crippen LogP contribution in [0.15, 0.2) is 24.4 Å². The Bertz CT molecular complexity index is 699. The lowest BCUT2D eigenvalue weighted by molar-refractivity contribution is 0.0885. The maximum atomic E-state index is 12.4. The number of nitrogens with zero attached hydrogens (tertiary/aromatic N) is 3. The van der Waals surface area contributed by atoms with Gasteiger partial charge in [0, 0.05) is 24.5 Å². The van der Waals surface area contributed by atoms with Crippen LogP contribution < -0.4 is 5.32 Å². The highest BCUT2D eigenvalue weighted by atomic mass is 16.3. The summed E-state index contributed by atoms with van der Waals surface area (Å²) < 4.78 is 1.75. The quantitative estimate of drug-likeness (QED) is 0.882. The number of aromatic nitrogens is 3. The van der Waals surface area contributed by atoms with Gasteiger partial charge in [-0.15, -0.1) is 0 Å². The molecule has 130 valence electrons. The van der Waals surface area contributed by atoms with E-state index in [0.717, 1.165) is 11.4 Å². The van der Waals surface area contributed by atoms with Gasteiger partial charge in [0.1, 0.15) is 0 Å². The van der Waals surface area contributed by atoms with Crippen molar-refractivity contribution in [3.63, 3.8) is 0 Å². The van der Waals surface area contributed by atoms with Crippen molar-refractivity contribution in [2.45, 2.75) is 47.1 Å². The molecule has 0 saturated heterocycles. The van der Waals surface area contributed by atoms with Gasteiger partial charge in [0.2, 0.25) is 0 Å². The van der Waals surface area contributed by atoms with Crippen molar-refractivity contribution in [3.05, 3.63) is 41.3 Å². The van der Waals surface area contributed by atoms with Crippen molar-refractivity contribution >= 4 is 5.91 Å². The summed E-state index contributed by atoms with van der Waals surface area (Å²) >= 11 is 0. The van der Waals surface area contributed by atoms with Gasteiger partial charge in [0.05, 0.1) is 11.3 Å². The van der Waals surface area contributed by atoms with Crippen molar-refractivity contribution in [2.75, 3.05) is 6.61 Å². The molecule has 2 aromatic heterocycles. The molecular formula is C18H26N4O2. The zero-order valence-corrected chi connectivity index (χ0v) is 15.0. The lowest BCUT2D eigenvalue weighted by Crippen LogP contribution is -2.44. The summed E-state index contributed by atoms with van der Waals surface area (Å²) in [7, 11) is 0. The van der Waals surface area contributed by atoms with Crippen LogP contribution in [-0.4, -0.2) is 38.4 Å². The topological polar surface area (TPSA) is 80.0 Å². The van der Waals surface area contributed by atoms with Crippen molar-refractivity contribution in [3.8, 4) is 5.82 Å². The number of pyridine rings is 1. The third-order valence-electron chi connectivity index (χ3n) is 4.01. The van der Waals surface area contributed by atoms with Crippen molar-refractivity contribution in [2.24, 2.45) is 5.41 Å². The first kappa shape index (κ1) is 18.1. The minimum absolute atomic E-state index is 0.0390. The molecule has 2 N–H and O–H groups in total. The molecule has 6 heteroatoms. The molecule has 0 radical (unpaired) electrons. The molecular weight excluding hydrogens is 304 g/mol. The van der Waals surface area contributed by atoms with E-state index in [1.54, 1.807) is 23.0 Å². The fourth-order valence-electron chi connectivity index (χ4n) is 2.60. The minimum Gasteiger partial charge on any atom is -0.396 e. The fraction of sp³-hybridized carbons (Fsp3) is 0.500. The van der Waals surface area contributed by atoms with E-state index in [1.165, 1.54) is 0 Å². The number of nitrogens with one attached hydrogen (secondary N) is 1. The summed E-state index contributed by atoms with van der Waals surface area (Å²) in [4.78, 5) is 16.8. The fourth-order valence-corrected chi connectivity index (χ4v) is 2.60. The molecule has 0 aliphatic carbocycles. The van der Waals surface area contributed by atoms with Crippen LogP contribution >= 0.6 is 0 Å². The van der Waals surface area contributed by atoms with Gasteiger partial charge in [-0.1, -0.05) is 20.8 Å². The van der Waals surface area contributed by atoms with Crippen molar-refractivity contribution in [1.82, 2.24) is 20.1 Å². The zero-order valence-electron chi connectivity index (χ0n) is 15.0. The van der Waals surface area contributed by atoms with Gasteiger partial charge in [0.25, 0.3) is 5.91 Å². The maximum Gasteiger partial charge on any atom is 0.253 e. The second-order valence-electron chi connectivity index (χ2n) is 7.15. The first-order chi connectivity index (χ1) is 11.2. The molecule has 0 aliphatic rings. The molecule has 0 bridgehead atoms. The SMILES string of the molecule is Cc1cc(C)n(-c2ccc(C(=O)NC(CCO)C(C)(C)C)cn2)n1. The number of carbonyl (C=O) groups excluding carboxylic acids is 1. The van der Waals surface area contributed by atoms with Crippen LogP contribution in [0.2, 0.25) is 0 Å². The van der Waals surface area contributed by atoms with Crippen molar-refractivity contribution in [1.29, 1.82) is 0 Å². The van der Waals surface area contributed by atoms with Crippen LogP contribution in [0.3, 0.4) is 0 Å². The number of hydrogen-bond donors (Lipinski definition) is 2. The summed E-state index contributed by atoms with van der Waals surface area (Å²) in [6, 6.07) is 5.40. The predicted molar refractivity (Wildman–Crippen MR) is 93.2 cm³/mol. The number of aliphatic hydroxyl groups is 1. The second kappa shape index (κ2) is 7.13. The molecule has 6 nitrogen and oxygen atoms in total. The lowest BCUT2D eigenvalue weighted by Gasteiger charge is -2.31. The number of amides is 1. The van der Waals surface area contributed by atoms with E-state index in [-0.39, 0.29) is 24.0 Å². The summed E-state index contributed by atoms with van der Waals surface area (Å²) in [6.45, 7) is 10.1. The lowest BCUT2D eigenvalue weighted by atomic mass is 9.85. The molecule has 2 heterocycles. The Morgan fingerprint density at radius 2 is 2.04 bits per heavy atom. The van der Waals surface area contributed by atoms with E-state index in [9.17, 15) is 9.90 Å². The van der Waals surface area contributed by atoms with Gasteiger partial charge in [-0.3, -0.25) is 4.79 Å². The molecule has 24 heavy (non-hydrogen) atoms. The monoisotopic (exact) mass is 330 g/mol. The Hall–Kier alpha value is -2.21. The normalized spacial score (nSPS) is 12.9. The number of aryl methyl sites for hydroxylation is 2. The van der Waals surface area contributed by atoms with Crippen LogP contribution in [0.25, 0.3) is 5.82 Å². The molecule has 1 atom stereocenters. The van der Waals surface area contributed by atoms with E-state index in [1.807, 2.05) is 40.7 Å². The van der Waals surface area contributed by atoms with Crippen LogP contribution in [0.4, 0.5) is 0 Å². The Balaban J connectivity index is 2.15. The Kier molecular flexibility index (Phi) is 5.39. The van der Waals surface area contributed by atoms with E-state index >= 15 is 0 Å². The summed E-state index contributed by atoms with van der Waals surface area (Å²) in [5, 5.41) is 16.6.